The summed E-state index contributed by atoms with van der Waals surface area (Å²) in [5.74, 6) is -1.55. The third-order valence-corrected chi connectivity index (χ3v) is 5.21. The molecule has 1 aromatic heterocycles. The van der Waals surface area contributed by atoms with Gasteiger partial charge in [-0.25, -0.2) is 9.78 Å². The van der Waals surface area contributed by atoms with Crippen molar-refractivity contribution in [3.8, 4) is 0 Å². The molecule has 0 saturated heterocycles. The van der Waals surface area contributed by atoms with E-state index in [4.69, 9.17) is 16.2 Å². The number of H-pyrrole nitrogens is 1. The molecule has 8 heteroatoms. The smallest absolute Gasteiger partial charge is 0.348 e. The second kappa shape index (κ2) is 9.43. The first kappa shape index (κ1) is 21.5. The number of Topliss-reactive ketones (excluding diaryl/α,β-unsaturated/α-hetero) is 1. The number of ether oxygens (including phenoxy) is 1. The van der Waals surface area contributed by atoms with Crippen molar-refractivity contribution >= 4 is 11.8 Å². The minimum absolute atomic E-state index is 0.117. The number of imidazole rings is 1. The first-order valence-corrected chi connectivity index (χ1v) is 9.71. The van der Waals surface area contributed by atoms with Crippen molar-refractivity contribution in [2.75, 3.05) is 0 Å². The Hall–Kier alpha value is -1.77. The molecule has 27 heavy (non-hydrogen) atoms. The van der Waals surface area contributed by atoms with Crippen molar-refractivity contribution in [3.05, 3.63) is 18.2 Å². The van der Waals surface area contributed by atoms with Crippen molar-refractivity contribution in [2.45, 2.75) is 82.6 Å². The van der Waals surface area contributed by atoms with Crippen LogP contribution in [0.5, 0.6) is 0 Å². The maximum Gasteiger partial charge on any atom is 0.348 e. The Bertz CT molecular complexity index is 613. The van der Waals surface area contributed by atoms with E-state index in [0.29, 0.717) is 12.1 Å². The Morgan fingerprint density at radius 2 is 2.00 bits per heavy atom. The maximum atomic E-state index is 13.0. The fourth-order valence-electron chi connectivity index (χ4n) is 3.70. The first-order chi connectivity index (χ1) is 12.7. The zero-order valence-corrected chi connectivity index (χ0v) is 16.2. The number of carbonyl (C=O) groups excluding carboxylic acids is 2. The van der Waals surface area contributed by atoms with Gasteiger partial charge >= 0.3 is 5.97 Å². The number of aliphatic hydroxyl groups is 1. The van der Waals surface area contributed by atoms with Crippen LogP contribution in [0.4, 0.5) is 0 Å². The monoisotopic (exact) mass is 380 g/mol. The summed E-state index contributed by atoms with van der Waals surface area (Å²) in [6.07, 6.45) is 8.37. The fraction of sp³-hybridized carbons (Fsp3) is 0.737. The van der Waals surface area contributed by atoms with Gasteiger partial charge in [-0.2, -0.15) is 0 Å². The summed E-state index contributed by atoms with van der Waals surface area (Å²) in [7, 11) is 0. The Morgan fingerprint density at radius 3 is 2.56 bits per heavy atom. The van der Waals surface area contributed by atoms with Crippen LogP contribution in [0.3, 0.4) is 0 Å². The van der Waals surface area contributed by atoms with Crippen LogP contribution in [-0.2, 0) is 20.7 Å². The summed E-state index contributed by atoms with van der Waals surface area (Å²) in [6.45, 7) is 3.31. The van der Waals surface area contributed by atoms with Crippen LogP contribution in [0.15, 0.2) is 12.5 Å². The summed E-state index contributed by atoms with van der Waals surface area (Å²) < 4.78 is 5.17. The minimum atomic E-state index is -2.46. The highest BCUT2D eigenvalue weighted by Gasteiger charge is 2.53. The van der Waals surface area contributed by atoms with Crippen LogP contribution >= 0.6 is 0 Å². The van der Waals surface area contributed by atoms with Gasteiger partial charge in [-0.3, -0.25) is 4.79 Å². The molecule has 6 N–H and O–H groups in total. The molecule has 1 heterocycles. The van der Waals surface area contributed by atoms with Gasteiger partial charge in [-0.05, 0) is 26.2 Å². The molecule has 0 radical (unpaired) electrons. The highest BCUT2D eigenvalue weighted by atomic mass is 16.6. The number of nitrogens with one attached hydrogen (secondary N) is 1. The van der Waals surface area contributed by atoms with Gasteiger partial charge in [0.1, 0.15) is 0 Å². The van der Waals surface area contributed by atoms with Gasteiger partial charge in [-0.15, -0.1) is 0 Å². The second-order valence-corrected chi connectivity index (χ2v) is 7.82. The molecule has 1 aromatic rings. The summed E-state index contributed by atoms with van der Waals surface area (Å²) in [6, 6.07) is -2.17. The molecule has 2 rings (SSSR count). The lowest BCUT2D eigenvalue weighted by molar-refractivity contribution is -0.177. The van der Waals surface area contributed by atoms with E-state index in [1.54, 1.807) is 20.0 Å². The van der Waals surface area contributed by atoms with E-state index in [0.717, 1.165) is 25.7 Å². The predicted octanol–water partition coefficient (Wildman–Crippen LogP) is 0.829. The van der Waals surface area contributed by atoms with E-state index in [-0.39, 0.29) is 12.3 Å². The van der Waals surface area contributed by atoms with Gasteiger partial charge in [0.2, 0.25) is 5.60 Å². The number of hydrogen-bond acceptors (Lipinski definition) is 7. The Balaban J connectivity index is 2.19. The molecule has 3 atom stereocenters. The second-order valence-electron chi connectivity index (χ2n) is 7.82. The number of carbonyl (C=O) groups is 2. The number of hydrogen-bond donors (Lipinski definition) is 4. The van der Waals surface area contributed by atoms with E-state index in [2.05, 4.69) is 9.97 Å². The normalized spacial score (nSPS) is 20.1. The number of nitrogens with two attached hydrogens (primary N) is 2. The SMILES string of the molecule is CC(C)OC(=O)C(O)(C(=O)[C@@H](N)Cc1cnc[nH]1)[C@@H](N)CC1CCCCC1. The van der Waals surface area contributed by atoms with Crippen LogP contribution in [0, 0.1) is 5.92 Å². The third-order valence-electron chi connectivity index (χ3n) is 5.21. The molecule has 1 unspecified atom stereocenters. The number of aromatic nitrogens is 2. The highest BCUT2D eigenvalue weighted by molar-refractivity contribution is 6.10. The van der Waals surface area contributed by atoms with Gasteiger partial charge in [0, 0.05) is 18.3 Å². The van der Waals surface area contributed by atoms with E-state index in [1.165, 1.54) is 12.7 Å². The predicted molar refractivity (Wildman–Crippen MR) is 101 cm³/mol. The average molecular weight is 380 g/mol. The quantitative estimate of drug-likeness (QED) is 0.367. The van der Waals surface area contributed by atoms with Gasteiger partial charge in [0.15, 0.2) is 5.78 Å². The third kappa shape index (κ3) is 5.37. The largest absolute Gasteiger partial charge is 0.460 e. The van der Waals surface area contributed by atoms with Crippen LogP contribution in [0.2, 0.25) is 0 Å². The van der Waals surface area contributed by atoms with E-state index >= 15 is 0 Å². The van der Waals surface area contributed by atoms with Crippen LogP contribution < -0.4 is 11.5 Å². The topological polar surface area (TPSA) is 144 Å². The zero-order chi connectivity index (χ0) is 20.0. The van der Waals surface area contributed by atoms with Crippen LogP contribution in [-0.4, -0.2) is 50.6 Å². The summed E-state index contributed by atoms with van der Waals surface area (Å²) in [5, 5.41) is 11.1. The molecule has 152 valence electrons. The van der Waals surface area contributed by atoms with E-state index in [9.17, 15) is 14.7 Å². The standard InChI is InChI=1S/C19H32N4O4/c1-12(2)27-18(25)19(26,16(21)8-13-6-4-3-5-7-13)17(24)15(20)9-14-10-22-11-23-14/h10-13,15-16,26H,3-9,20-21H2,1-2H3,(H,22,23)/t15-,16-,19?/m0/s1. The highest BCUT2D eigenvalue weighted by Crippen LogP contribution is 2.30. The van der Waals surface area contributed by atoms with Crippen LogP contribution in [0.25, 0.3) is 0 Å². The molecular weight excluding hydrogens is 348 g/mol. The number of ketones is 1. The van der Waals surface area contributed by atoms with Gasteiger partial charge < -0.3 is 26.3 Å². The molecule has 1 aliphatic rings. The Kier molecular flexibility index (Phi) is 7.52. The lowest BCUT2D eigenvalue weighted by atomic mass is 9.77. The van der Waals surface area contributed by atoms with Gasteiger partial charge in [-0.1, -0.05) is 32.1 Å². The van der Waals surface area contributed by atoms with Gasteiger partial charge in [0.25, 0.3) is 0 Å². The minimum Gasteiger partial charge on any atom is -0.460 e. The lowest BCUT2D eigenvalue weighted by Crippen LogP contribution is -2.65. The number of aromatic amines is 1. The molecule has 1 fully saturated rings. The summed E-state index contributed by atoms with van der Waals surface area (Å²) in [5.41, 5.74) is 10.4. The number of rotatable bonds is 9. The van der Waals surface area contributed by atoms with Crippen molar-refractivity contribution in [3.63, 3.8) is 0 Å². The zero-order valence-electron chi connectivity index (χ0n) is 16.2. The van der Waals surface area contributed by atoms with Crippen molar-refractivity contribution in [2.24, 2.45) is 17.4 Å². The molecule has 0 bridgehead atoms. The Labute approximate surface area is 160 Å². The molecule has 0 spiro atoms. The van der Waals surface area contributed by atoms with Crippen molar-refractivity contribution in [1.82, 2.24) is 9.97 Å². The van der Waals surface area contributed by atoms with Crippen molar-refractivity contribution < 1.29 is 19.4 Å². The van der Waals surface area contributed by atoms with E-state index in [1.807, 2.05) is 0 Å². The fourth-order valence-corrected chi connectivity index (χ4v) is 3.70. The molecule has 0 aliphatic heterocycles. The molecule has 0 aromatic carbocycles. The molecule has 1 saturated carbocycles. The molecule has 0 amide bonds. The average Bonchev–Trinajstić information content (AvgIpc) is 3.13. The Morgan fingerprint density at radius 1 is 1.33 bits per heavy atom. The summed E-state index contributed by atoms with van der Waals surface area (Å²) >= 11 is 0. The van der Waals surface area contributed by atoms with E-state index < -0.39 is 35.5 Å². The summed E-state index contributed by atoms with van der Waals surface area (Å²) in [4.78, 5) is 32.4. The number of nitrogens with zero attached hydrogens (tertiary/aromatic N) is 1. The van der Waals surface area contributed by atoms with Crippen molar-refractivity contribution in [1.29, 1.82) is 0 Å². The first-order valence-electron chi connectivity index (χ1n) is 9.71. The maximum absolute atomic E-state index is 13.0. The van der Waals surface area contributed by atoms with Crippen LogP contribution in [0.1, 0.15) is 58.1 Å². The lowest BCUT2D eigenvalue weighted by Gasteiger charge is -2.35. The molecular formula is C19H32N4O4. The molecule has 8 nitrogen and oxygen atoms in total. The van der Waals surface area contributed by atoms with Gasteiger partial charge in [0.05, 0.1) is 24.5 Å². The number of esters is 1. The molecule has 1 aliphatic carbocycles.